The molecule has 3 aromatic rings. The number of benzene rings is 3. The molecule has 152 valence electrons. The minimum atomic E-state index is -0.612. The van der Waals surface area contributed by atoms with Crippen LogP contribution in [0.2, 0.25) is 0 Å². The summed E-state index contributed by atoms with van der Waals surface area (Å²) >= 11 is 0. The predicted molar refractivity (Wildman–Crippen MR) is 111 cm³/mol. The average molecular weight is 406 g/mol. The fourth-order valence-electron chi connectivity index (χ4n) is 2.67. The number of rotatable bonds is 7. The zero-order chi connectivity index (χ0) is 21.5. The van der Waals surface area contributed by atoms with Crippen molar-refractivity contribution in [1.29, 1.82) is 0 Å². The Hall–Kier alpha value is -3.93. The summed E-state index contributed by atoms with van der Waals surface area (Å²) in [5.74, 6) is 0.266. The van der Waals surface area contributed by atoms with Gasteiger partial charge in [0.25, 0.3) is 0 Å². The molecule has 6 heteroatoms. The summed E-state index contributed by atoms with van der Waals surface area (Å²) in [6.07, 6.45) is 3.07. The number of methoxy groups -OCH3 is 2. The van der Waals surface area contributed by atoms with Crippen molar-refractivity contribution in [3.05, 3.63) is 95.3 Å². The Labute approximate surface area is 173 Å². The van der Waals surface area contributed by atoms with Crippen LogP contribution in [0, 0.1) is 5.82 Å². The molecule has 3 rings (SSSR count). The SMILES string of the molecule is COc1ccc(OC)c(C=CC(=O)c2ccc(OC(=O)c3ccc(F)cc3)cc2)c1. The molecule has 0 aromatic heterocycles. The summed E-state index contributed by atoms with van der Waals surface area (Å²) in [4.78, 5) is 24.5. The fourth-order valence-corrected chi connectivity index (χ4v) is 2.67. The predicted octanol–water partition coefficient (Wildman–Crippen LogP) is 4.96. The van der Waals surface area contributed by atoms with Crippen LogP contribution in [0.25, 0.3) is 6.08 Å². The highest BCUT2D eigenvalue weighted by molar-refractivity contribution is 6.07. The zero-order valence-corrected chi connectivity index (χ0v) is 16.4. The number of carbonyl (C=O) groups excluding carboxylic acids is 2. The van der Waals surface area contributed by atoms with Gasteiger partial charge in [-0.3, -0.25) is 4.79 Å². The van der Waals surface area contributed by atoms with Crippen LogP contribution in [0.15, 0.2) is 72.8 Å². The molecule has 0 amide bonds. The molecule has 0 saturated heterocycles. The monoisotopic (exact) mass is 406 g/mol. The molecule has 0 aliphatic rings. The molecular weight excluding hydrogens is 387 g/mol. The van der Waals surface area contributed by atoms with Crippen LogP contribution < -0.4 is 14.2 Å². The summed E-state index contributed by atoms with van der Waals surface area (Å²) in [6.45, 7) is 0. The second kappa shape index (κ2) is 9.52. The van der Waals surface area contributed by atoms with Crippen LogP contribution >= 0.6 is 0 Å². The molecule has 5 nitrogen and oxygen atoms in total. The first kappa shape index (κ1) is 20.8. The van der Waals surface area contributed by atoms with Gasteiger partial charge in [0.15, 0.2) is 5.78 Å². The van der Waals surface area contributed by atoms with Gasteiger partial charge in [0.2, 0.25) is 0 Å². The maximum Gasteiger partial charge on any atom is 0.343 e. The van der Waals surface area contributed by atoms with E-state index in [0.29, 0.717) is 22.6 Å². The van der Waals surface area contributed by atoms with Crippen molar-refractivity contribution in [3.8, 4) is 17.2 Å². The first-order chi connectivity index (χ1) is 14.5. The quantitative estimate of drug-likeness (QED) is 0.240. The molecule has 3 aromatic carbocycles. The highest BCUT2D eigenvalue weighted by atomic mass is 19.1. The van der Waals surface area contributed by atoms with Crippen molar-refractivity contribution in [2.75, 3.05) is 14.2 Å². The number of ether oxygens (including phenoxy) is 3. The van der Waals surface area contributed by atoms with Crippen molar-refractivity contribution in [2.24, 2.45) is 0 Å². The Morgan fingerprint density at radius 1 is 0.800 bits per heavy atom. The van der Waals surface area contributed by atoms with E-state index in [1.165, 1.54) is 42.5 Å². The molecule has 0 bridgehead atoms. The molecule has 0 spiro atoms. The lowest BCUT2D eigenvalue weighted by Crippen LogP contribution is -2.08. The lowest BCUT2D eigenvalue weighted by atomic mass is 10.1. The van der Waals surface area contributed by atoms with Gasteiger partial charge in [0, 0.05) is 11.1 Å². The molecule has 0 fully saturated rings. The molecule has 0 aliphatic heterocycles. The van der Waals surface area contributed by atoms with Gasteiger partial charge in [-0.05, 0) is 78.9 Å². The zero-order valence-electron chi connectivity index (χ0n) is 16.4. The van der Waals surface area contributed by atoms with Crippen LogP contribution in [0.3, 0.4) is 0 Å². The minimum absolute atomic E-state index is 0.226. The fraction of sp³-hybridized carbons (Fsp3) is 0.0833. The third-order valence-corrected chi connectivity index (χ3v) is 4.28. The smallest absolute Gasteiger partial charge is 0.343 e. The summed E-state index contributed by atoms with van der Waals surface area (Å²) in [6, 6.07) is 16.5. The Morgan fingerprint density at radius 3 is 2.07 bits per heavy atom. The minimum Gasteiger partial charge on any atom is -0.497 e. The second-order valence-electron chi connectivity index (χ2n) is 6.23. The van der Waals surface area contributed by atoms with Gasteiger partial charge in [-0.25, -0.2) is 9.18 Å². The summed E-state index contributed by atoms with van der Waals surface area (Å²) in [5, 5.41) is 0. The normalized spacial score (nSPS) is 10.6. The number of carbonyl (C=O) groups is 2. The van der Waals surface area contributed by atoms with Gasteiger partial charge in [0.05, 0.1) is 19.8 Å². The van der Waals surface area contributed by atoms with Crippen molar-refractivity contribution in [3.63, 3.8) is 0 Å². The van der Waals surface area contributed by atoms with E-state index in [9.17, 15) is 14.0 Å². The largest absolute Gasteiger partial charge is 0.497 e. The van der Waals surface area contributed by atoms with Crippen LogP contribution in [-0.2, 0) is 0 Å². The van der Waals surface area contributed by atoms with Gasteiger partial charge in [0.1, 0.15) is 23.1 Å². The first-order valence-electron chi connectivity index (χ1n) is 9.02. The van der Waals surface area contributed by atoms with Crippen LogP contribution in [0.4, 0.5) is 4.39 Å². The van der Waals surface area contributed by atoms with E-state index in [-0.39, 0.29) is 17.1 Å². The van der Waals surface area contributed by atoms with E-state index in [2.05, 4.69) is 0 Å². The molecule has 0 aliphatic carbocycles. The Balaban J connectivity index is 1.68. The number of ketones is 1. The first-order valence-corrected chi connectivity index (χ1v) is 9.02. The van der Waals surface area contributed by atoms with Gasteiger partial charge in [-0.2, -0.15) is 0 Å². The maximum absolute atomic E-state index is 12.9. The summed E-state index contributed by atoms with van der Waals surface area (Å²) < 4.78 is 28.7. The molecule has 0 atom stereocenters. The van der Waals surface area contributed by atoms with Gasteiger partial charge in [-0.1, -0.05) is 0 Å². The number of allylic oxidation sites excluding steroid dienone is 1. The van der Waals surface area contributed by atoms with E-state index < -0.39 is 11.8 Å². The number of hydrogen-bond donors (Lipinski definition) is 0. The Kier molecular flexibility index (Phi) is 6.60. The van der Waals surface area contributed by atoms with Crippen molar-refractivity contribution >= 4 is 17.8 Å². The molecule has 0 heterocycles. The average Bonchev–Trinajstić information content (AvgIpc) is 2.78. The molecule has 0 N–H and O–H groups in total. The van der Waals surface area contributed by atoms with Gasteiger partial charge in [-0.15, -0.1) is 0 Å². The molecule has 0 unspecified atom stereocenters. The Bertz CT molecular complexity index is 1070. The maximum atomic E-state index is 12.9. The third-order valence-electron chi connectivity index (χ3n) is 4.28. The summed E-state index contributed by atoms with van der Waals surface area (Å²) in [5.41, 5.74) is 1.36. The lowest BCUT2D eigenvalue weighted by Gasteiger charge is -2.07. The number of hydrogen-bond acceptors (Lipinski definition) is 5. The lowest BCUT2D eigenvalue weighted by molar-refractivity contribution is 0.0734. The highest BCUT2D eigenvalue weighted by Crippen LogP contribution is 2.25. The molecule has 0 radical (unpaired) electrons. The third kappa shape index (κ3) is 5.11. The van der Waals surface area contributed by atoms with E-state index in [1.807, 2.05) is 0 Å². The van der Waals surface area contributed by atoms with Gasteiger partial charge >= 0.3 is 5.97 Å². The van der Waals surface area contributed by atoms with E-state index in [0.717, 1.165) is 0 Å². The van der Waals surface area contributed by atoms with E-state index in [1.54, 1.807) is 50.6 Å². The van der Waals surface area contributed by atoms with E-state index >= 15 is 0 Å². The second-order valence-corrected chi connectivity index (χ2v) is 6.23. The number of esters is 1. The molecule has 0 saturated carbocycles. The topological polar surface area (TPSA) is 61.8 Å². The van der Waals surface area contributed by atoms with E-state index in [4.69, 9.17) is 14.2 Å². The van der Waals surface area contributed by atoms with Gasteiger partial charge < -0.3 is 14.2 Å². The molecular formula is C24H19FO5. The van der Waals surface area contributed by atoms with Crippen molar-refractivity contribution in [2.45, 2.75) is 0 Å². The molecule has 30 heavy (non-hydrogen) atoms. The van der Waals surface area contributed by atoms with Crippen LogP contribution in [0.1, 0.15) is 26.3 Å². The van der Waals surface area contributed by atoms with Crippen molar-refractivity contribution < 1.29 is 28.2 Å². The van der Waals surface area contributed by atoms with Crippen molar-refractivity contribution in [1.82, 2.24) is 0 Å². The van der Waals surface area contributed by atoms with Crippen LogP contribution in [-0.4, -0.2) is 26.0 Å². The summed E-state index contributed by atoms with van der Waals surface area (Å²) in [7, 11) is 3.11. The van der Waals surface area contributed by atoms with Crippen LogP contribution in [0.5, 0.6) is 17.2 Å². The highest BCUT2D eigenvalue weighted by Gasteiger charge is 2.10. The Morgan fingerprint density at radius 2 is 1.43 bits per heavy atom. The standard InChI is InChI=1S/C24H19FO5/c1-28-21-12-14-23(29-2)18(15-21)7-13-22(26)16-5-10-20(11-6-16)30-24(27)17-3-8-19(25)9-4-17/h3-15H,1-2H3. The number of halogens is 1.